The van der Waals surface area contributed by atoms with E-state index in [0.717, 1.165) is 19.3 Å². The Hall–Kier alpha value is -0.420. The fraction of sp³-hybridized carbons (Fsp3) is 0.667. The van der Waals surface area contributed by atoms with Crippen molar-refractivity contribution in [2.75, 3.05) is 6.26 Å². The first-order valence-corrected chi connectivity index (χ1v) is 5.07. The lowest BCUT2D eigenvalue weighted by Gasteiger charge is -2.26. The molecule has 0 aromatic rings. The molecule has 1 unspecified atom stereocenters. The maximum atomic E-state index is 8.93. The summed E-state index contributed by atoms with van der Waals surface area (Å²) in [4.78, 5) is 0. The van der Waals surface area contributed by atoms with Gasteiger partial charge in [-0.05, 0) is 32.4 Å². The lowest BCUT2D eigenvalue weighted by atomic mass is 9.90. The van der Waals surface area contributed by atoms with Gasteiger partial charge < -0.3 is 0 Å². The average molecular weight is 167 g/mol. The van der Waals surface area contributed by atoms with Gasteiger partial charge in [-0.3, -0.25) is 0 Å². The van der Waals surface area contributed by atoms with Gasteiger partial charge in [-0.1, -0.05) is 11.6 Å². The molecule has 0 aliphatic heterocycles. The highest BCUT2D eigenvalue weighted by molar-refractivity contribution is 8.00. The quantitative estimate of drug-likeness (QED) is 0.561. The predicted molar refractivity (Wildman–Crippen MR) is 49.5 cm³/mol. The van der Waals surface area contributed by atoms with E-state index in [1.165, 1.54) is 5.57 Å². The minimum absolute atomic E-state index is 0.112. The Morgan fingerprint density at radius 3 is 2.82 bits per heavy atom. The Balaban J connectivity index is 2.71. The predicted octanol–water partition coefficient (Wildman–Crippen LogP) is 2.74. The lowest BCUT2D eigenvalue weighted by Crippen LogP contribution is -2.23. The lowest BCUT2D eigenvalue weighted by molar-refractivity contribution is 0.625. The topological polar surface area (TPSA) is 23.8 Å². The second kappa shape index (κ2) is 3.32. The van der Waals surface area contributed by atoms with Crippen molar-refractivity contribution in [3.05, 3.63) is 11.6 Å². The van der Waals surface area contributed by atoms with Crippen molar-refractivity contribution in [2.45, 2.75) is 30.9 Å². The van der Waals surface area contributed by atoms with Crippen molar-refractivity contribution in [2.24, 2.45) is 0 Å². The van der Waals surface area contributed by atoms with Gasteiger partial charge in [-0.15, -0.1) is 11.8 Å². The minimum Gasteiger partial charge on any atom is -0.197 e. The van der Waals surface area contributed by atoms with Crippen LogP contribution in [-0.2, 0) is 0 Å². The van der Waals surface area contributed by atoms with Gasteiger partial charge in [0.1, 0.15) is 4.75 Å². The molecule has 0 saturated heterocycles. The van der Waals surface area contributed by atoms with Crippen LogP contribution in [0.5, 0.6) is 0 Å². The van der Waals surface area contributed by atoms with Crippen LogP contribution in [0.1, 0.15) is 26.2 Å². The number of nitriles is 1. The summed E-state index contributed by atoms with van der Waals surface area (Å²) >= 11 is 1.69. The molecule has 11 heavy (non-hydrogen) atoms. The Morgan fingerprint density at radius 2 is 2.45 bits per heavy atom. The van der Waals surface area contributed by atoms with Gasteiger partial charge in [0.05, 0.1) is 6.07 Å². The van der Waals surface area contributed by atoms with Crippen LogP contribution in [0.2, 0.25) is 0 Å². The van der Waals surface area contributed by atoms with E-state index in [1.54, 1.807) is 11.8 Å². The number of rotatable bonds is 1. The van der Waals surface area contributed by atoms with Crippen LogP contribution in [0.15, 0.2) is 11.6 Å². The SMILES string of the molecule is CSC1(C#N)CC=C(C)CC1. The van der Waals surface area contributed by atoms with E-state index < -0.39 is 0 Å². The van der Waals surface area contributed by atoms with Gasteiger partial charge in [0.15, 0.2) is 0 Å². The molecule has 0 fully saturated rings. The molecule has 0 radical (unpaired) electrons. The van der Waals surface area contributed by atoms with Crippen molar-refractivity contribution in [1.29, 1.82) is 5.26 Å². The second-order valence-electron chi connectivity index (χ2n) is 3.06. The molecule has 0 saturated carbocycles. The molecule has 60 valence electrons. The highest BCUT2D eigenvalue weighted by atomic mass is 32.2. The van der Waals surface area contributed by atoms with Crippen LogP contribution in [0.4, 0.5) is 0 Å². The molecule has 1 nitrogen and oxygen atoms in total. The maximum Gasteiger partial charge on any atom is 0.106 e. The van der Waals surface area contributed by atoms with E-state index in [1.807, 2.05) is 6.26 Å². The van der Waals surface area contributed by atoms with Crippen LogP contribution < -0.4 is 0 Å². The van der Waals surface area contributed by atoms with Crippen molar-refractivity contribution in [1.82, 2.24) is 0 Å². The van der Waals surface area contributed by atoms with E-state index in [-0.39, 0.29) is 4.75 Å². The molecule has 0 amide bonds. The fourth-order valence-electron chi connectivity index (χ4n) is 1.27. The third-order valence-electron chi connectivity index (χ3n) is 2.30. The molecule has 0 aromatic heterocycles. The summed E-state index contributed by atoms with van der Waals surface area (Å²) in [7, 11) is 0. The van der Waals surface area contributed by atoms with Crippen molar-refractivity contribution < 1.29 is 0 Å². The van der Waals surface area contributed by atoms with Crippen LogP contribution in [0.25, 0.3) is 0 Å². The molecular formula is C9H13NS. The monoisotopic (exact) mass is 167 g/mol. The van der Waals surface area contributed by atoms with E-state index >= 15 is 0 Å². The zero-order valence-corrected chi connectivity index (χ0v) is 7.87. The molecule has 0 heterocycles. The molecular weight excluding hydrogens is 154 g/mol. The normalized spacial score (nSPS) is 30.8. The van der Waals surface area contributed by atoms with Gasteiger partial charge in [0.2, 0.25) is 0 Å². The molecule has 1 aliphatic rings. The van der Waals surface area contributed by atoms with E-state index in [2.05, 4.69) is 19.1 Å². The van der Waals surface area contributed by atoms with E-state index in [0.29, 0.717) is 0 Å². The molecule has 0 bridgehead atoms. The van der Waals surface area contributed by atoms with Gasteiger partial charge in [0, 0.05) is 0 Å². The molecule has 1 atom stereocenters. The summed E-state index contributed by atoms with van der Waals surface area (Å²) in [6.07, 6.45) is 7.26. The number of hydrogen-bond donors (Lipinski definition) is 0. The third-order valence-corrected chi connectivity index (χ3v) is 3.54. The molecule has 1 rings (SSSR count). The highest BCUT2D eigenvalue weighted by Crippen LogP contribution is 2.36. The van der Waals surface area contributed by atoms with Crippen LogP contribution in [0.3, 0.4) is 0 Å². The number of allylic oxidation sites excluding steroid dienone is 2. The number of nitrogens with zero attached hydrogens (tertiary/aromatic N) is 1. The smallest absolute Gasteiger partial charge is 0.106 e. The van der Waals surface area contributed by atoms with Crippen molar-refractivity contribution in [3.63, 3.8) is 0 Å². The number of thioether (sulfide) groups is 1. The molecule has 0 N–H and O–H groups in total. The average Bonchev–Trinajstić information content (AvgIpc) is 2.07. The zero-order chi connectivity index (χ0) is 8.32. The summed E-state index contributed by atoms with van der Waals surface area (Å²) in [6.45, 7) is 2.14. The van der Waals surface area contributed by atoms with Gasteiger partial charge in [-0.25, -0.2) is 0 Å². The maximum absolute atomic E-state index is 8.93. The Bertz CT molecular complexity index is 214. The standard InChI is InChI=1S/C9H13NS/c1-8-3-5-9(7-10,11-2)6-4-8/h3H,4-6H2,1-2H3. The molecule has 0 aromatic carbocycles. The molecule has 1 aliphatic carbocycles. The summed E-state index contributed by atoms with van der Waals surface area (Å²) in [5.74, 6) is 0. The van der Waals surface area contributed by atoms with Crippen LogP contribution in [-0.4, -0.2) is 11.0 Å². The summed E-state index contributed by atoms with van der Waals surface area (Å²) in [5.41, 5.74) is 1.44. The Labute approximate surface area is 72.5 Å². The Morgan fingerprint density at radius 1 is 1.73 bits per heavy atom. The minimum atomic E-state index is -0.112. The molecule has 2 heteroatoms. The zero-order valence-electron chi connectivity index (χ0n) is 7.05. The summed E-state index contributed by atoms with van der Waals surface area (Å²) in [5, 5.41) is 8.93. The third kappa shape index (κ3) is 1.78. The van der Waals surface area contributed by atoms with Crippen LogP contribution >= 0.6 is 11.8 Å². The van der Waals surface area contributed by atoms with Gasteiger partial charge in [0.25, 0.3) is 0 Å². The van der Waals surface area contributed by atoms with Gasteiger partial charge in [-0.2, -0.15) is 5.26 Å². The Kier molecular flexibility index (Phi) is 2.62. The van der Waals surface area contributed by atoms with Crippen molar-refractivity contribution >= 4 is 11.8 Å². The van der Waals surface area contributed by atoms with E-state index in [9.17, 15) is 0 Å². The summed E-state index contributed by atoms with van der Waals surface area (Å²) in [6, 6.07) is 2.41. The van der Waals surface area contributed by atoms with Crippen LogP contribution in [0, 0.1) is 11.3 Å². The van der Waals surface area contributed by atoms with Gasteiger partial charge >= 0.3 is 0 Å². The largest absolute Gasteiger partial charge is 0.197 e. The first-order valence-electron chi connectivity index (χ1n) is 3.84. The number of hydrogen-bond acceptors (Lipinski definition) is 2. The highest BCUT2D eigenvalue weighted by Gasteiger charge is 2.29. The second-order valence-corrected chi connectivity index (χ2v) is 4.25. The van der Waals surface area contributed by atoms with E-state index in [4.69, 9.17) is 5.26 Å². The first kappa shape index (κ1) is 8.67. The fourth-order valence-corrected chi connectivity index (χ4v) is 1.92. The summed E-state index contributed by atoms with van der Waals surface area (Å²) < 4.78 is -0.112. The molecule has 0 spiro atoms. The first-order chi connectivity index (χ1) is 5.22. The van der Waals surface area contributed by atoms with Crippen molar-refractivity contribution in [3.8, 4) is 6.07 Å².